The lowest BCUT2D eigenvalue weighted by Gasteiger charge is -2.41. The molecular weight excluding hydrogens is 1130 g/mol. The van der Waals surface area contributed by atoms with E-state index in [-0.39, 0.29) is 19.4 Å². The van der Waals surface area contributed by atoms with E-state index in [9.17, 15) is 35.1 Å². The average Bonchev–Trinajstić information content (AvgIpc) is 1.11. The third-order valence-electron chi connectivity index (χ3n) is 16.8. The minimum Gasteiger partial charge on any atom is -0.454 e. The van der Waals surface area contributed by atoms with Gasteiger partial charge >= 0.3 is 5.97 Å². The average molecular weight is 1270 g/mol. The van der Waals surface area contributed by atoms with E-state index in [4.69, 9.17) is 14.2 Å². The van der Waals surface area contributed by atoms with Gasteiger partial charge in [0.05, 0.1) is 25.4 Å². The molecule has 8 atom stereocenters. The molecule has 0 spiro atoms. The molecule has 11 nitrogen and oxygen atoms in total. The second-order valence-electron chi connectivity index (χ2n) is 25.3. The summed E-state index contributed by atoms with van der Waals surface area (Å²) in [6, 6.07) is -1.04. The summed E-state index contributed by atoms with van der Waals surface area (Å²) in [7, 11) is 0. The number of unbranched alkanes of at least 4 members (excludes halogenated alkanes) is 31. The highest BCUT2D eigenvalue weighted by Crippen LogP contribution is 2.26. The van der Waals surface area contributed by atoms with Gasteiger partial charge in [-0.3, -0.25) is 9.59 Å². The Morgan fingerprint density at radius 2 is 0.791 bits per heavy atom. The van der Waals surface area contributed by atoms with Gasteiger partial charge < -0.3 is 45.1 Å². The summed E-state index contributed by atoms with van der Waals surface area (Å²) in [6.45, 7) is 5.67. The van der Waals surface area contributed by atoms with Gasteiger partial charge in [0, 0.05) is 6.42 Å². The quantitative estimate of drug-likeness (QED) is 0.0195. The number of ether oxygens (including phenoxy) is 3. The van der Waals surface area contributed by atoms with Crippen LogP contribution in [-0.4, -0.2) is 99.6 Å². The number of rotatable bonds is 63. The molecule has 6 N–H and O–H groups in total. The van der Waals surface area contributed by atoms with Crippen LogP contribution in [-0.2, 0) is 23.8 Å². The Bertz CT molecular complexity index is 1950. The molecule has 1 aliphatic rings. The molecule has 0 aromatic rings. The molecule has 1 amide bonds. The lowest BCUT2D eigenvalue weighted by molar-refractivity contribution is -0.305. The third-order valence-corrected chi connectivity index (χ3v) is 16.8. The first-order valence-corrected chi connectivity index (χ1v) is 37.3. The zero-order valence-corrected chi connectivity index (χ0v) is 58.2. The van der Waals surface area contributed by atoms with Crippen LogP contribution in [0, 0.1) is 0 Å². The fraction of sp³-hybridized carbons (Fsp3) is 0.725. The minimum atomic E-state index is -1.63. The van der Waals surface area contributed by atoms with Gasteiger partial charge in [-0.05, 0) is 116 Å². The summed E-state index contributed by atoms with van der Waals surface area (Å²) in [6.07, 6.45) is 82.2. The molecule has 1 fully saturated rings. The van der Waals surface area contributed by atoms with Crippen LogP contribution in [0.4, 0.5) is 0 Å². The molecule has 91 heavy (non-hydrogen) atoms. The monoisotopic (exact) mass is 1270 g/mol. The summed E-state index contributed by atoms with van der Waals surface area (Å²) < 4.78 is 17.7. The fourth-order valence-corrected chi connectivity index (χ4v) is 11.0. The van der Waals surface area contributed by atoms with Crippen molar-refractivity contribution in [2.75, 3.05) is 13.2 Å². The van der Waals surface area contributed by atoms with Crippen LogP contribution in [0.15, 0.2) is 122 Å². The predicted octanol–water partition coefficient (Wildman–Crippen LogP) is 19.7. The van der Waals surface area contributed by atoms with Crippen LogP contribution in [0.5, 0.6) is 0 Å². The topological polar surface area (TPSA) is 175 Å². The van der Waals surface area contributed by atoms with Crippen molar-refractivity contribution in [2.24, 2.45) is 0 Å². The SMILES string of the molecule is CC/C=C\C/C=C\C/C=C\C/C=C\C/C=C\C/C=C\CCCCCCCCCCC(=O)OC1C(OCC(NC(=O)C(O)CCCCCCCCCCC/C=C\C/C=C\C/C=C\CCCCC)C(O)/C=C/CCCCCCCCCCCCC)OC(CO)C(O)C1O. The van der Waals surface area contributed by atoms with Crippen LogP contribution in [0.25, 0.3) is 0 Å². The van der Waals surface area contributed by atoms with Crippen molar-refractivity contribution in [2.45, 2.75) is 359 Å². The molecule has 0 saturated carbocycles. The van der Waals surface area contributed by atoms with E-state index >= 15 is 0 Å². The molecule has 0 radical (unpaired) electrons. The lowest BCUT2D eigenvalue weighted by atomic mass is 9.99. The highest BCUT2D eigenvalue weighted by Gasteiger charge is 2.47. The number of hydrogen-bond donors (Lipinski definition) is 6. The van der Waals surface area contributed by atoms with Crippen molar-refractivity contribution in [3.8, 4) is 0 Å². The number of aliphatic hydroxyl groups excluding tert-OH is 5. The Labute approximate surface area is 557 Å². The van der Waals surface area contributed by atoms with Crippen LogP contribution in [0.3, 0.4) is 0 Å². The van der Waals surface area contributed by atoms with Crippen molar-refractivity contribution >= 4 is 11.9 Å². The number of aliphatic hydroxyl groups is 5. The van der Waals surface area contributed by atoms with E-state index in [2.05, 4.69) is 135 Å². The van der Waals surface area contributed by atoms with Crippen molar-refractivity contribution in [3.05, 3.63) is 122 Å². The van der Waals surface area contributed by atoms with E-state index in [1.54, 1.807) is 6.08 Å². The minimum absolute atomic E-state index is 0.107. The number of carbonyl (C=O) groups excluding carboxylic acids is 2. The summed E-state index contributed by atoms with van der Waals surface area (Å²) in [5, 5.41) is 57.4. The molecule has 1 rings (SSSR count). The number of esters is 1. The molecule has 1 saturated heterocycles. The van der Waals surface area contributed by atoms with Gasteiger partial charge in [-0.25, -0.2) is 0 Å². The largest absolute Gasteiger partial charge is 0.454 e. The van der Waals surface area contributed by atoms with E-state index in [1.807, 2.05) is 6.08 Å². The second kappa shape index (κ2) is 66.1. The van der Waals surface area contributed by atoms with Crippen LogP contribution >= 0.6 is 0 Å². The van der Waals surface area contributed by atoms with Crippen LogP contribution in [0.2, 0.25) is 0 Å². The highest BCUT2D eigenvalue weighted by atomic mass is 16.7. The summed E-state index contributed by atoms with van der Waals surface area (Å²) in [5.74, 6) is -1.21. The maximum Gasteiger partial charge on any atom is 0.306 e. The van der Waals surface area contributed by atoms with Crippen molar-refractivity contribution in [3.63, 3.8) is 0 Å². The van der Waals surface area contributed by atoms with Gasteiger partial charge in [-0.2, -0.15) is 0 Å². The van der Waals surface area contributed by atoms with Crippen LogP contribution < -0.4 is 5.32 Å². The molecular formula is C80H137NO10. The Morgan fingerprint density at radius 1 is 0.440 bits per heavy atom. The number of carbonyl (C=O) groups is 2. The molecule has 1 heterocycles. The van der Waals surface area contributed by atoms with Crippen LogP contribution in [0.1, 0.15) is 310 Å². The molecule has 8 unspecified atom stereocenters. The smallest absolute Gasteiger partial charge is 0.306 e. The maximum absolute atomic E-state index is 13.5. The third kappa shape index (κ3) is 53.1. The number of nitrogens with one attached hydrogen (secondary N) is 1. The first-order chi connectivity index (χ1) is 44.7. The Morgan fingerprint density at radius 3 is 1.21 bits per heavy atom. The highest BCUT2D eigenvalue weighted by molar-refractivity contribution is 5.80. The molecule has 0 bridgehead atoms. The number of allylic oxidation sites excluding steroid dienone is 19. The van der Waals surface area contributed by atoms with Gasteiger partial charge in [-0.15, -0.1) is 0 Å². The molecule has 0 aromatic carbocycles. The summed E-state index contributed by atoms with van der Waals surface area (Å²) in [4.78, 5) is 26.7. The predicted molar refractivity (Wildman–Crippen MR) is 384 cm³/mol. The van der Waals surface area contributed by atoms with Crippen molar-refractivity contribution in [1.82, 2.24) is 5.32 Å². The van der Waals surface area contributed by atoms with Crippen molar-refractivity contribution in [1.29, 1.82) is 0 Å². The molecule has 11 heteroatoms. The van der Waals surface area contributed by atoms with Gasteiger partial charge in [-0.1, -0.05) is 309 Å². The molecule has 0 aliphatic carbocycles. The first kappa shape index (κ1) is 85.1. The molecule has 0 aromatic heterocycles. The maximum atomic E-state index is 13.5. The van der Waals surface area contributed by atoms with E-state index in [0.717, 1.165) is 128 Å². The Balaban J connectivity index is 2.58. The van der Waals surface area contributed by atoms with Gasteiger partial charge in [0.25, 0.3) is 0 Å². The summed E-state index contributed by atoms with van der Waals surface area (Å²) in [5.41, 5.74) is 0. The number of amides is 1. The van der Waals surface area contributed by atoms with E-state index in [0.29, 0.717) is 12.8 Å². The van der Waals surface area contributed by atoms with E-state index < -0.39 is 67.4 Å². The fourth-order valence-electron chi connectivity index (χ4n) is 11.0. The van der Waals surface area contributed by atoms with Crippen molar-refractivity contribution < 1.29 is 49.3 Å². The second-order valence-corrected chi connectivity index (χ2v) is 25.3. The Hall–Kier alpha value is -3.94. The molecule has 522 valence electrons. The zero-order chi connectivity index (χ0) is 66.0. The molecule has 1 aliphatic heterocycles. The standard InChI is InChI=1S/C80H137NO10/c1-4-7-10-13-16-19-22-25-27-29-31-33-35-36-37-38-39-41-43-45-47-50-53-56-59-62-65-68-75(85)91-78-77(87)76(86)74(69-82)90-80(78)89-70-71(72(83)66-63-60-57-54-51-48-24-21-18-15-12-9-6-3)81-79(88)73(84)67-64-61-58-55-52-49-46-44-42-40-34-32-30-28-26-23-20-17-14-11-8-5-2/h7,10,16-17,19-20,25-28,31-34,36-37,39,41,63,66,71-74,76-78,80,82-84,86-87H,4-6,8-9,11-15,18,21-24,29-30,35,38,40,42-62,64-65,67-70H2,1-3H3,(H,81,88)/b10-7-,19-16-,20-17-,27-25-,28-26-,33-31-,34-32-,37-36-,41-39-,66-63+. The van der Waals surface area contributed by atoms with E-state index in [1.165, 1.54) is 135 Å². The van der Waals surface area contributed by atoms with Gasteiger partial charge in [0.1, 0.15) is 24.4 Å². The Kier molecular flexibility index (Phi) is 61.8. The number of hydrogen-bond acceptors (Lipinski definition) is 10. The lowest BCUT2D eigenvalue weighted by Crippen LogP contribution is -2.61. The zero-order valence-electron chi connectivity index (χ0n) is 58.2. The normalized spacial score (nSPS) is 18.7. The first-order valence-electron chi connectivity index (χ1n) is 37.3. The summed E-state index contributed by atoms with van der Waals surface area (Å²) >= 11 is 0. The van der Waals surface area contributed by atoms with Gasteiger partial charge in [0.2, 0.25) is 5.91 Å². The van der Waals surface area contributed by atoms with Gasteiger partial charge in [0.15, 0.2) is 12.4 Å².